The molecule has 3 aromatic carbocycles. The number of ether oxygens (including phenoxy) is 1. The number of amides is 2. The molecule has 0 aromatic heterocycles. The van der Waals surface area contributed by atoms with Gasteiger partial charge in [-0.25, -0.2) is 0 Å². The van der Waals surface area contributed by atoms with Gasteiger partial charge in [-0.3, -0.25) is 9.59 Å². The number of benzene rings is 3. The van der Waals surface area contributed by atoms with Crippen LogP contribution < -0.4 is 15.0 Å². The van der Waals surface area contributed by atoms with Crippen LogP contribution in [0.25, 0.3) is 0 Å². The highest BCUT2D eigenvalue weighted by Crippen LogP contribution is 2.30. The van der Waals surface area contributed by atoms with Gasteiger partial charge in [0.15, 0.2) is 0 Å². The van der Waals surface area contributed by atoms with E-state index in [0.29, 0.717) is 22.7 Å². The van der Waals surface area contributed by atoms with Crippen molar-refractivity contribution in [1.82, 2.24) is 4.90 Å². The van der Waals surface area contributed by atoms with Crippen molar-refractivity contribution in [2.75, 3.05) is 24.3 Å². The Kier molecular flexibility index (Phi) is 7.27. The molecule has 7 heteroatoms. The average Bonchev–Trinajstić information content (AvgIpc) is 2.90. The number of hydrogen-bond donors (Lipinski definition) is 1. The zero-order valence-electron chi connectivity index (χ0n) is 21.3. The molecule has 0 saturated carbocycles. The van der Waals surface area contributed by atoms with Gasteiger partial charge in [0.2, 0.25) is 5.91 Å². The summed E-state index contributed by atoms with van der Waals surface area (Å²) in [5.41, 5.74) is 3.41. The molecule has 0 fully saturated rings. The molecule has 36 heavy (non-hydrogen) atoms. The molecule has 6 nitrogen and oxygen atoms in total. The average molecular weight is 506 g/mol. The van der Waals surface area contributed by atoms with Crippen LogP contribution >= 0.6 is 11.6 Å². The van der Waals surface area contributed by atoms with Crippen LogP contribution in [0.15, 0.2) is 66.7 Å². The van der Waals surface area contributed by atoms with Gasteiger partial charge in [0.25, 0.3) is 5.91 Å². The third-order valence-electron chi connectivity index (χ3n) is 5.99. The highest BCUT2D eigenvalue weighted by Gasteiger charge is 2.35. The van der Waals surface area contributed by atoms with E-state index in [1.807, 2.05) is 88.3 Å². The zero-order chi connectivity index (χ0) is 26.0. The van der Waals surface area contributed by atoms with Gasteiger partial charge in [-0.2, -0.15) is 0 Å². The summed E-state index contributed by atoms with van der Waals surface area (Å²) in [5.74, 6) is 0.345. The monoisotopic (exact) mass is 505 g/mol. The van der Waals surface area contributed by atoms with Crippen molar-refractivity contribution >= 4 is 34.8 Å². The molecule has 3 aromatic rings. The fourth-order valence-electron chi connectivity index (χ4n) is 4.19. The van der Waals surface area contributed by atoms with Gasteiger partial charge in [-0.05, 0) is 74.4 Å². The summed E-state index contributed by atoms with van der Waals surface area (Å²) in [6.07, 6.45) is 0.371. The summed E-state index contributed by atoms with van der Waals surface area (Å²) >= 11 is 6.08. The number of nitrogens with zero attached hydrogens (tertiary/aromatic N) is 2. The maximum absolute atomic E-state index is 13.9. The van der Waals surface area contributed by atoms with Gasteiger partial charge >= 0.3 is 0 Å². The molecule has 0 aliphatic carbocycles. The third kappa shape index (κ3) is 6.00. The maximum Gasteiger partial charge on any atom is 0.257 e. The molecule has 1 heterocycles. The first-order valence-electron chi connectivity index (χ1n) is 12.0. The number of rotatable bonds is 6. The fraction of sp³-hybridized carbons (Fsp3) is 0.310. The number of fused-ring (bicyclic) bond motifs is 1. The van der Waals surface area contributed by atoms with Crippen molar-refractivity contribution in [2.24, 2.45) is 0 Å². The van der Waals surface area contributed by atoms with Crippen LogP contribution in [-0.2, 0) is 17.8 Å². The largest absolute Gasteiger partial charge is 0.488 e. The van der Waals surface area contributed by atoms with Crippen LogP contribution in [0.5, 0.6) is 5.75 Å². The second-order valence-electron chi connectivity index (χ2n) is 10.3. The SMILES string of the molecule is CN(C)c1ccc2c(c1)C(=O)N(Cc1ccc(Cl)cc1)[C@@H](Cc1ccc(OC(C)(C)C)cc1)C(=O)N2. The molecule has 0 saturated heterocycles. The van der Waals surface area contributed by atoms with Crippen LogP contribution in [0, 0.1) is 0 Å². The molecule has 1 N–H and O–H groups in total. The minimum absolute atomic E-state index is 0.195. The van der Waals surface area contributed by atoms with E-state index in [-0.39, 0.29) is 24.0 Å². The smallest absolute Gasteiger partial charge is 0.257 e. The van der Waals surface area contributed by atoms with Gasteiger partial charge in [-0.1, -0.05) is 35.9 Å². The Morgan fingerprint density at radius 2 is 1.58 bits per heavy atom. The Balaban J connectivity index is 1.69. The minimum Gasteiger partial charge on any atom is -0.488 e. The molecule has 0 unspecified atom stereocenters. The lowest BCUT2D eigenvalue weighted by atomic mass is 10.0. The van der Waals surface area contributed by atoms with Gasteiger partial charge < -0.3 is 19.9 Å². The summed E-state index contributed by atoms with van der Waals surface area (Å²) in [6.45, 7) is 6.27. The number of halogens is 1. The van der Waals surface area contributed by atoms with Gasteiger partial charge in [0.05, 0.1) is 11.3 Å². The molecule has 1 atom stereocenters. The number of carbonyl (C=O) groups is 2. The van der Waals surface area contributed by atoms with Crippen molar-refractivity contribution in [3.63, 3.8) is 0 Å². The maximum atomic E-state index is 13.9. The van der Waals surface area contributed by atoms with Gasteiger partial charge in [0, 0.05) is 37.8 Å². The molecular weight excluding hydrogens is 474 g/mol. The lowest BCUT2D eigenvalue weighted by Gasteiger charge is -2.29. The molecule has 0 radical (unpaired) electrons. The summed E-state index contributed by atoms with van der Waals surface area (Å²) in [7, 11) is 3.84. The molecule has 1 aliphatic rings. The molecular formula is C29H32ClN3O3. The highest BCUT2D eigenvalue weighted by molar-refractivity contribution is 6.30. The first-order valence-corrected chi connectivity index (χ1v) is 12.3. The first kappa shape index (κ1) is 25.6. The summed E-state index contributed by atoms with van der Waals surface area (Å²) in [6, 6.07) is 19.9. The quantitative estimate of drug-likeness (QED) is 0.460. The van der Waals surface area contributed by atoms with Crippen LogP contribution in [-0.4, -0.2) is 42.5 Å². The van der Waals surface area contributed by atoms with Crippen molar-refractivity contribution in [2.45, 2.75) is 45.4 Å². The van der Waals surface area contributed by atoms with Crippen molar-refractivity contribution < 1.29 is 14.3 Å². The van der Waals surface area contributed by atoms with Crippen LogP contribution in [0.2, 0.25) is 5.02 Å². The van der Waals surface area contributed by atoms with Gasteiger partial charge in [0.1, 0.15) is 17.4 Å². The predicted molar refractivity (Wildman–Crippen MR) is 145 cm³/mol. The van der Waals surface area contributed by atoms with Crippen LogP contribution in [0.3, 0.4) is 0 Å². The summed E-state index contributed by atoms with van der Waals surface area (Å²) < 4.78 is 5.93. The Morgan fingerprint density at radius 1 is 0.944 bits per heavy atom. The van der Waals surface area contributed by atoms with Crippen molar-refractivity contribution in [3.05, 3.63) is 88.4 Å². The zero-order valence-corrected chi connectivity index (χ0v) is 22.1. The lowest BCUT2D eigenvalue weighted by Crippen LogP contribution is -2.46. The highest BCUT2D eigenvalue weighted by atomic mass is 35.5. The van der Waals surface area contributed by atoms with E-state index in [9.17, 15) is 9.59 Å². The van der Waals surface area contributed by atoms with E-state index in [1.54, 1.807) is 23.1 Å². The lowest BCUT2D eigenvalue weighted by molar-refractivity contribution is -0.120. The Bertz CT molecular complexity index is 1250. The van der Waals surface area contributed by atoms with Crippen molar-refractivity contribution in [3.8, 4) is 5.75 Å². The van der Waals surface area contributed by atoms with Crippen LogP contribution in [0.4, 0.5) is 11.4 Å². The summed E-state index contributed by atoms with van der Waals surface area (Å²) in [5, 5.41) is 3.61. The molecule has 0 spiro atoms. The van der Waals surface area contributed by atoms with E-state index in [1.165, 1.54) is 0 Å². The number of hydrogen-bond acceptors (Lipinski definition) is 4. The van der Waals surface area contributed by atoms with Gasteiger partial charge in [-0.15, -0.1) is 0 Å². The van der Waals surface area contributed by atoms with E-state index in [0.717, 1.165) is 22.6 Å². The second kappa shape index (κ2) is 10.2. The second-order valence-corrected chi connectivity index (χ2v) is 10.7. The Hall–Kier alpha value is -3.51. The van der Waals surface area contributed by atoms with Crippen molar-refractivity contribution in [1.29, 1.82) is 0 Å². The molecule has 2 amide bonds. The molecule has 4 rings (SSSR count). The number of carbonyl (C=O) groups excluding carboxylic acids is 2. The molecule has 1 aliphatic heterocycles. The number of anilines is 2. The fourth-order valence-corrected chi connectivity index (χ4v) is 4.32. The Labute approximate surface area is 217 Å². The predicted octanol–water partition coefficient (Wildman–Crippen LogP) is 5.79. The third-order valence-corrected chi connectivity index (χ3v) is 6.24. The first-order chi connectivity index (χ1) is 17.0. The molecule has 188 valence electrons. The number of nitrogens with one attached hydrogen (secondary N) is 1. The molecule has 0 bridgehead atoms. The minimum atomic E-state index is -0.697. The normalized spacial score (nSPS) is 15.7. The van der Waals surface area contributed by atoms with E-state index in [2.05, 4.69) is 5.32 Å². The van der Waals surface area contributed by atoms with E-state index >= 15 is 0 Å². The van der Waals surface area contributed by atoms with E-state index < -0.39 is 6.04 Å². The van der Waals surface area contributed by atoms with Crippen LogP contribution in [0.1, 0.15) is 42.3 Å². The standard InChI is InChI=1S/C29H32ClN3O3/c1-29(2,3)36-23-13-8-19(9-14-23)16-26-27(34)31-25-15-12-22(32(4)5)17-24(25)28(35)33(26)18-20-6-10-21(30)11-7-20/h6-15,17,26H,16,18H2,1-5H3,(H,31,34)/t26-/m0/s1. The van der Waals surface area contributed by atoms with E-state index in [4.69, 9.17) is 16.3 Å². The Morgan fingerprint density at radius 3 is 2.19 bits per heavy atom. The summed E-state index contributed by atoms with van der Waals surface area (Å²) in [4.78, 5) is 31.0. The topological polar surface area (TPSA) is 61.9 Å².